The van der Waals surface area contributed by atoms with Crippen molar-refractivity contribution in [1.82, 2.24) is 10.6 Å². The number of nitrogens with one attached hydrogen (secondary N) is 2. The maximum atomic E-state index is 6.76. The van der Waals surface area contributed by atoms with Gasteiger partial charge in [-0.15, -0.1) is 0 Å². The van der Waals surface area contributed by atoms with Crippen molar-refractivity contribution in [2.24, 2.45) is 9.98 Å². The highest BCUT2D eigenvalue weighted by Crippen LogP contribution is 2.43. The molecule has 2 N–H and O–H groups in total. The molecule has 0 aliphatic carbocycles. The van der Waals surface area contributed by atoms with Crippen LogP contribution in [0.25, 0.3) is 60.7 Å². The number of furan rings is 1. The van der Waals surface area contributed by atoms with Crippen LogP contribution in [0, 0.1) is 0 Å². The van der Waals surface area contributed by atoms with E-state index in [9.17, 15) is 0 Å². The van der Waals surface area contributed by atoms with E-state index in [0.717, 1.165) is 84.7 Å². The fourth-order valence-corrected chi connectivity index (χ4v) is 9.70. The number of rotatable bonds is 8. The first-order chi connectivity index (χ1) is 32.2. The minimum absolute atomic E-state index is 0.000682. The highest BCUT2D eigenvalue weighted by Gasteiger charge is 2.28. The molecular weight excluding hydrogens is 793 g/mol. The van der Waals surface area contributed by atoms with E-state index in [4.69, 9.17) is 14.4 Å². The highest BCUT2D eigenvalue weighted by atomic mass is 16.3. The van der Waals surface area contributed by atoms with E-state index in [-0.39, 0.29) is 18.1 Å². The van der Waals surface area contributed by atoms with Crippen LogP contribution in [0.2, 0.25) is 0 Å². The average molecular weight is 837 g/mol. The normalized spacial score (nSPS) is 17.2. The van der Waals surface area contributed by atoms with Gasteiger partial charge in [0.25, 0.3) is 0 Å². The smallest absolute Gasteiger partial charge is 0.143 e. The van der Waals surface area contributed by atoms with Gasteiger partial charge in [0, 0.05) is 27.5 Å². The van der Waals surface area contributed by atoms with Gasteiger partial charge in [-0.1, -0.05) is 206 Å². The number of nitrogens with zero attached hydrogens (tertiary/aromatic N) is 2. The van der Waals surface area contributed by atoms with Crippen LogP contribution in [0.15, 0.2) is 239 Å². The minimum atomic E-state index is -0.0119. The molecular formula is C60H44N4O. The molecule has 5 heteroatoms. The lowest BCUT2D eigenvalue weighted by Crippen LogP contribution is -2.35. The Labute approximate surface area is 378 Å². The molecule has 0 radical (unpaired) electrons. The Kier molecular flexibility index (Phi) is 9.72. The van der Waals surface area contributed by atoms with Crippen LogP contribution in [-0.4, -0.2) is 11.7 Å². The third kappa shape index (κ3) is 7.27. The number of fused-ring (bicyclic) bond motifs is 4. The maximum Gasteiger partial charge on any atom is 0.143 e. The van der Waals surface area contributed by atoms with Gasteiger partial charge >= 0.3 is 0 Å². The molecule has 65 heavy (non-hydrogen) atoms. The SMILES string of the molecule is C1=C(c2ccccc2)N=C(c2ccc(-c3ccc(-c4ccc(C5=NC(c6cccc7ccccc67)CC(c6ccccc6)N5)cc4)c4oc5ccccc5c34)cc2)NC1c1ccccc1. The molecule has 3 heterocycles. The second kappa shape index (κ2) is 16.4. The number of para-hydroxylation sites is 1. The summed E-state index contributed by atoms with van der Waals surface area (Å²) in [5.41, 5.74) is 13.9. The summed E-state index contributed by atoms with van der Waals surface area (Å²) in [6.45, 7) is 0. The van der Waals surface area contributed by atoms with Crippen molar-refractivity contribution in [2.45, 2.75) is 24.5 Å². The van der Waals surface area contributed by atoms with Crippen molar-refractivity contribution in [3.05, 3.63) is 258 Å². The van der Waals surface area contributed by atoms with Gasteiger partial charge in [0.1, 0.15) is 22.8 Å². The quantitative estimate of drug-likeness (QED) is 0.160. The molecule has 3 unspecified atom stereocenters. The fraction of sp³-hybridized carbons (Fsp3) is 0.0667. The zero-order chi connectivity index (χ0) is 43.1. The van der Waals surface area contributed by atoms with E-state index < -0.39 is 0 Å². The summed E-state index contributed by atoms with van der Waals surface area (Å²) in [7, 11) is 0. The Morgan fingerprint density at radius 1 is 0.446 bits per heavy atom. The van der Waals surface area contributed by atoms with Crippen molar-refractivity contribution in [3.8, 4) is 22.3 Å². The van der Waals surface area contributed by atoms with Crippen molar-refractivity contribution < 1.29 is 4.42 Å². The molecule has 0 spiro atoms. The van der Waals surface area contributed by atoms with Gasteiger partial charge in [-0.05, 0) is 74.3 Å². The molecule has 1 aromatic heterocycles. The first kappa shape index (κ1) is 38.4. The first-order valence-electron chi connectivity index (χ1n) is 22.4. The van der Waals surface area contributed by atoms with E-state index in [1.54, 1.807) is 0 Å². The molecule has 12 rings (SSSR count). The zero-order valence-corrected chi connectivity index (χ0v) is 35.6. The minimum Gasteiger partial charge on any atom is -0.455 e. The molecule has 0 fully saturated rings. The number of benzene rings is 9. The van der Waals surface area contributed by atoms with Gasteiger partial charge in [-0.25, -0.2) is 4.99 Å². The Morgan fingerprint density at radius 3 is 1.78 bits per heavy atom. The standard InChI is InChI=1S/C60H44N4O/c1-4-16-42(17-5-1)52-37-53(43-18-6-2-7-19-43)62-59(61-52)45-31-27-40(28-32-45)48-35-36-49(58-57(48)51-24-12-13-26-56(51)65-58)41-29-33-46(34-30-41)60-63-54(44-20-8-3-9-21-44)38-55(64-60)50-25-14-22-39-15-10-11-23-47(39)50/h1-37,52,54-55H,38H2,(H,61,62)(H,63,64). The summed E-state index contributed by atoms with van der Waals surface area (Å²) < 4.78 is 6.76. The third-order valence-electron chi connectivity index (χ3n) is 13.0. The molecule has 0 bridgehead atoms. The summed E-state index contributed by atoms with van der Waals surface area (Å²) in [4.78, 5) is 10.6. The topological polar surface area (TPSA) is 61.9 Å². The van der Waals surface area contributed by atoms with E-state index in [2.05, 4.69) is 223 Å². The lowest BCUT2D eigenvalue weighted by molar-refractivity contribution is 0.492. The summed E-state index contributed by atoms with van der Waals surface area (Å²) in [5, 5.41) is 12.2. The Balaban J connectivity index is 0.890. The Morgan fingerprint density at radius 2 is 1.03 bits per heavy atom. The van der Waals surface area contributed by atoms with E-state index in [1.807, 2.05) is 12.1 Å². The van der Waals surface area contributed by atoms with E-state index in [1.165, 1.54) is 27.5 Å². The molecule has 5 nitrogen and oxygen atoms in total. The third-order valence-corrected chi connectivity index (χ3v) is 13.0. The summed E-state index contributed by atoms with van der Waals surface area (Å²) in [6, 6.07) is 77.4. The van der Waals surface area contributed by atoms with Crippen molar-refractivity contribution in [3.63, 3.8) is 0 Å². The van der Waals surface area contributed by atoms with Crippen LogP contribution >= 0.6 is 0 Å². The van der Waals surface area contributed by atoms with Crippen LogP contribution in [0.1, 0.15) is 57.9 Å². The van der Waals surface area contributed by atoms with Crippen molar-refractivity contribution >= 4 is 50.1 Å². The van der Waals surface area contributed by atoms with Gasteiger partial charge in [-0.3, -0.25) is 4.99 Å². The van der Waals surface area contributed by atoms with Gasteiger partial charge in [0.15, 0.2) is 0 Å². The monoisotopic (exact) mass is 836 g/mol. The second-order valence-corrected chi connectivity index (χ2v) is 16.9. The van der Waals surface area contributed by atoms with Crippen molar-refractivity contribution in [1.29, 1.82) is 0 Å². The van der Waals surface area contributed by atoms with Gasteiger partial charge in [-0.2, -0.15) is 0 Å². The molecule has 2 aliphatic heterocycles. The van der Waals surface area contributed by atoms with Crippen molar-refractivity contribution in [2.75, 3.05) is 0 Å². The lowest BCUT2D eigenvalue weighted by Gasteiger charge is -2.31. The van der Waals surface area contributed by atoms with Gasteiger partial charge < -0.3 is 15.1 Å². The van der Waals surface area contributed by atoms with Gasteiger partial charge in [0.2, 0.25) is 0 Å². The molecule has 0 saturated heterocycles. The Bertz CT molecular complexity index is 3440. The van der Waals surface area contributed by atoms with Crippen LogP contribution in [0.4, 0.5) is 0 Å². The fourth-order valence-electron chi connectivity index (χ4n) is 9.70. The predicted molar refractivity (Wildman–Crippen MR) is 268 cm³/mol. The summed E-state index contributed by atoms with van der Waals surface area (Å²) in [6.07, 6.45) is 3.08. The first-order valence-corrected chi connectivity index (χ1v) is 22.4. The molecule has 0 saturated carbocycles. The molecule has 9 aromatic carbocycles. The molecule has 10 aromatic rings. The van der Waals surface area contributed by atoms with Crippen LogP contribution in [-0.2, 0) is 0 Å². The molecule has 2 aliphatic rings. The number of amidine groups is 2. The van der Waals surface area contributed by atoms with Gasteiger partial charge in [0.05, 0.1) is 23.8 Å². The number of aliphatic imine (C=N–C) groups is 2. The molecule has 0 amide bonds. The highest BCUT2D eigenvalue weighted by molar-refractivity contribution is 6.16. The summed E-state index contributed by atoms with van der Waals surface area (Å²) in [5.74, 6) is 1.75. The molecule has 3 atom stereocenters. The van der Waals surface area contributed by atoms with Crippen LogP contribution < -0.4 is 10.6 Å². The number of hydrogen-bond donors (Lipinski definition) is 2. The average Bonchev–Trinajstić information content (AvgIpc) is 3.79. The number of hydrogen-bond acceptors (Lipinski definition) is 5. The van der Waals surface area contributed by atoms with E-state index in [0.29, 0.717) is 0 Å². The summed E-state index contributed by atoms with van der Waals surface area (Å²) >= 11 is 0. The maximum absolute atomic E-state index is 6.76. The zero-order valence-electron chi connectivity index (χ0n) is 35.6. The van der Waals surface area contributed by atoms with Crippen LogP contribution in [0.5, 0.6) is 0 Å². The van der Waals surface area contributed by atoms with Crippen LogP contribution in [0.3, 0.4) is 0 Å². The second-order valence-electron chi connectivity index (χ2n) is 16.9. The van der Waals surface area contributed by atoms with E-state index >= 15 is 0 Å². The molecule has 310 valence electrons. The lowest BCUT2D eigenvalue weighted by atomic mass is 9.90. The Hall–Kier alpha value is -8.28. The predicted octanol–water partition coefficient (Wildman–Crippen LogP) is 14.4. The largest absolute Gasteiger partial charge is 0.455 e.